The van der Waals surface area contributed by atoms with Crippen LogP contribution in [0.4, 0.5) is 0 Å². The van der Waals surface area contributed by atoms with Gasteiger partial charge in [-0.3, -0.25) is 9.59 Å². The fourth-order valence-electron chi connectivity index (χ4n) is 4.30. The van der Waals surface area contributed by atoms with Crippen LogP contribution in [0, 0.1) is 0 Å². The normalized spacial score (nSPS) is 19.1. The maximum absolute atomic E-state index is 13.6. The van der Waals surface area contributed by atoms with E-state index < -0.39 is 23.5 Å². The van der Waals surface area contributed by atoms with Crippen molar-refractivity contribution in [3.05, 3.63) is 59.2 Å². The number of nitrogens with zero attached hydrogens (tertiary/aromatic N) is 1. The van der Waals surface area contributed by atoms with Gasteiger partial charge in [-0.05, 0) is 42.3 Å². The number of benzene rings is 2. The van der Waals surface area contributed by atoms with E-state index in [-0.39, 0.29) is 11.1 Å². The Labute approximate surface area is 199 Å². The van der Waals surface area contributed by atoms with Gasteiger partial charge in [0.25, 0.3) is 5.91 Å². The molecule has 8 nitrogen and oxygen atoms in total. The molecule has 1 N–H and O–H groups in total. The van der Waals surface area contributed by atoms with Crippen LogP contribution in [0.15, 0.2) is 48.0 Å². The second kappa shape index (κ2) is 10.2. The van der Waals surface area contributed by atoms with Crippen LogP contribution in [0.1, 0.15) is 30.5 Å². The lowest BCUT2D eigenvalue weighted by Crippen LogP contribution is -3.05. The van der Waals surface area contributed by atoms with E-state index in [0.29, 0.717) is 55.6 Å². The molecule has 1 unspecified atom stereocenters. The average Bonchev–Trinajstić information content (AvgIpc) is 3.09. The molecule has 2 aromatic rings. The zero-order chi connectivity index (χ0) is 24.2. The van der Waals surface area contributed by atoms with Gasteiger partial charge in [0, 0.05) is 18.5 Å². The van der Waals surface area contributed by atoms with Crippen molar-refractivity contribution in [2.45, 2.75) is 19.4 Å². The number of rotatable bonds is 8. The van der Waals surface area contributed by atoms with Crippen molar-refractivity contribution in [2.24, 2.45) is 0 Å². The van der Waals surface area contributed by atoms with Crippen molar-refractivity contribution in [3.8, 4) is 17.2 Å². The minimum absolute atomic E-state index is 0.0389. The van der Waals surface area contributed by atoms with Crippen molar-refractivity contribution in [2.75, 3.05) is 47.0 Å². The Hall–Kier alpha value is -3.52. The fourth-order valence-corrected chi connectivity index (χ4v) is 4.30. The van der Waals surface area contributed by atoms with E-state index in [1.165, 1.54) is 9.80 Å². The van der Waals surface area contributed by atoms with Crippen molar-refractivity contribution >= 4 is 17.4 Å². The minimum atomic E-state index is -0.756. The number of quaternary nitrogens is 1. The van der Waals surface area contributed by atoms with Crippen molar-refractivity contribution in [1.82, 2.24) is 4.90 Å². The number of carbonyl (C=O) groups is 2. The fraction of sp³-hybridized carbons (Fsp3) is 0.385. The third-order valence-electron chi connectivity index (χ3n) is 5.92. The Morgan fingerprint density at radius 3 is 2.47 bits per heavy atom. The van der Waals surface area contributed by atoms with Gasteiger partial charge in [-0.25, -0.2) is 0 Å². The van der Waals surface area contributed by atoms with E-state index >= 15 is 0 Å². The van der Waals surface area contributed by atoms with Crippen molar-refractivity contribution in [3.63, 3.8) is 0 Å². The van der Waals surface area contributed by atoms with Gasteiger partial charge in [-0.2, -0.15) is 0 Å². The van der Waals surface area contributed by atoms with Crippen LogP contribution < -0.4 is 24.2 Å². The Morgan fingerprint density at radius 2 is 1.79 bits per heavy atom. The molecule has 1 fully saturated rings. The second-order valence-electron chi connectivity index (χ2n) is 8.64. The maximum Gasteiger partial charge on any atom is 0.295 e. The summed E-state index contributed by atoms with van der Waals surface area (Å²) in [4.78, 5) is 28.9. The van der Waals surface area contributed by atoms with Gasteiger partial charge in [0.05, 0.1) is 33.3 Å². The third-order valence-corrected chi connectivity index (χ3v) is 5.92. The number of ketones is 1. The quantitative estimate of drug-likeness (QED) is 0.348. The minimum Gasteiger partial charge on any atom is -0.872 e. The third kappa shape index (κ3) is 4.72. The summed E-state index contributed by atoms with van der Waals surface area (Å²) in [7, 11) is 4.06. The molecule has 34 heavy (non-hydrogen) atoms. The summed E-state index contributed by atoms with van der Waals surface area (Å²) in [6.45, 7) is 4.46. The number of hydrogen-bond donors (Lipinski definition) is 1. The highest BCUT2D eigenvalue weighted by molar-refractivity contribution is 6.46. The van der Waals surface area contributed by atoms with Gasteiger partial charge in [0.1, 0.15) is 19.0 Å². The highest BCUT2D eigenvalue weighted by atomic mass is 16.6. The molecule has 8 heteroatoms. The van der Waals surface area contributed by atoms with Crippen LogP contribution in [-0.2, 0) is 9.59 Å². The molecule has 0 saturated carbocycles. The summed E-state index contributed by atoms with van der Waals surface area (Å²) < 4.78 is 16.7. The standard InChI is InChI=1S/C26H30N2O6/c1-4-32-19-9-6-17(7-10-19)23-22(25(30)26(31)28(23)13-5-12-27(2)3)24(29)18-8-11-20-21(16-18)34-15-14-33-20/h6-11,16,23,29H,4-5,12-15H2,1-3H3. The first-order valence-corrected chi connectivity index (χ1v) is 11.6. The number of fused-ring (bicyclic) bond motifs is 1. The monoisotopic (exact) mass is 466 g/mol. The summed E-state index contributed by atoms with van der Waals surface area (Å²) in [6.07, 6.45) is 0.709. The Morgan fingerprint density at radius 1 is 1.09 bits per heavy atom. The first kappa shape index (κ1) is 23.6. The molecule has 2 heterocycles. The number of carbonyl (C=O) groups excluding carboxylic acids is 2. The number of likely N-dealkylation sites (tertiary alicyclic amines) is 1. The topological polar surface area (TPSA) is 92.6 Å². The lowest BCUT2D eigenvalue weighted by molar-refractivity contribution is -0.858. The molecule has 0 spiro atoms. The van der Waals surface area contributed by atoms with Crippen LogP contribution in [0.25, 0.3) is 5.76 Å². The molecular weight excluding hydrogens is 436 g/mol. The zero-order valence-corrected chi connectivity index (χ0v) is 19.8. The number of hydrogen-bond acceptors (Lipinski definition) is 6. The number of nitrogens with one attached hydrogen (secondary N) is 1. The van der Waals surface area contributed by atoms with E-state index in [2.05, 4.69) is 0 Å². The van der Waals surface area contributed by atoms with Crippen LogP contribution in [-0.4, -0.2) is 63.6 Å². The molecule has 1 amide bonds. The van der Waals surface area contributed by atoms with Crippen LogP contribution in [0.2, 0.25) is 0 Å². The Kier molecular flexibility index (Phi) is 7.07. The maximum atomic E-state index is 13.6. The Balaban J connectivity index is 1.76. The van der Waals surface area contributed by atoms with Gasteiger partial charge in [-0.1, -0.05) is 24.0 Å². The predicted octanol–water partition coefficient (Wildman–Crippen LogP) is 0.615. The van der Waals surface area contributed by atoms with E-state index in [1.807, 2.05) is 33.2 Å². The van der Waals surface area contributed by atoms with E-state index in [0.717, 1.165) is 6.54 Å². The largest absolute Gasteiger partial charge is 0.872 e. The van der Waals surface area contributed by atoms with E-state index in [9.17, 15) is 14.7 Å². The van der Waals surface area contributed by atoms with E-state index in [4.69, 9.17) is 14.2 Å². The molecule has 2 aliphatic heterocycles. The summed E-state index contributed by atoms with van der Waals surface area (Å²) in [5.41, 5.74) is 0.944. The van der Waals surface area contributed by atoms with Gasteiger partial charge in [0.2, 0.25) is 5.78 Å². The molecule has 2 aliphatic rings. The lowest BCUT2D eigenvalue weighted by atomic mass is 9.95. The lowest BCUT2D eigenvalue weighted by Gasteiger charge is -2.28. The predicted molar refractivity (Wildman–Crippen MR) is 124 cm³/mol. The smallest absolute Gasteiger partial charge is 0.295 e. The van der Waals surface area contributed by atoms with Gasteiger partial charge in [0.15, 0.2) is 11.5 Å². The Bertz CT molecular complexity index is 1090. The van der Waals surface area contributed by atoms with Gasteiger partial charge in [-0.15, -0.1) is 0 Å². The molecule has 0 bridgehead atoms. The number of amides is 1. The SMILES string of the molecule is CCOc1ccc(C2C(=C([O-])c3ccc4c(c3)OCCO4)C(=O)C(=O)N2CCC[NH+](C)C)cc1. The van der Waals surface area contributed by atoms with Crippen LogP contribution >= 0.6 is 0 Å². The molecule has 0 aromatic heterocycles. The summed E-state index contributed by atoms with van der Waals surface area (Å²) >= 11 is 0. The molecule has 0 radical (unpaired) electrons. The first-order chi connectivity index (χ1) is 16.4. The average molecular weight is 467 g/mol. The molecule has 1 atom stereocenters. The van der Waals surface area contributed by atoms with E-state index in [1.54, 1.807) is 30.3 Å². The zero-order valence-electron chi connectivity index (χ0n) is 19.8. The number of Topliss-reactive ketones (excluding diaryl/α,β-unsaturated/α-hetero) is 1. The summed E-state index contributed by atoms with van der Waals surface area (Å²) in [6, 6.07) is 11.3. The van der Waals surface area contributed by atoms with Crippen LogP contribution in [0.3, 0.4) is 0 Å². The molecule has 0 aliphatic carbocycles. The second-order valence-corrected chi connectivity index (χ2v) is 8.64. The number of ether oxygens (including phenoxy) is 3. The van der Waals surface area contributed by atoms with Gasteiger partial charge < -0.3 is 29.1 Å². The molecule has 1 saturated heterocycles. The first-order valence-electron chi connectivity index (χ1n) is 11.6. The van der Waals surface area contributed by atoms with Gasteiger partial charge >= 0.3 is 0 Å². The molecular formula is C26H30N2O6. The summed E-state index contributed by atoms with van der Waals surface area (Å²) in [5, 5.41) is 13.6. The highest BCUT2D eigenvalue weighted by Gasteiger charge is 2.44. The summed E-state index contributed by atoms with van der Waals surface area (Å²) in [5.74, 6) is -0.181. The molecule has 180 valence electrons. The highest BCUT2D eigenvalue weighted by Crippen LogP contribution is 2.40. The molecule has 4 rings (SSSR count). The van der Waals surface area contributed by atoms with Crippen molar-refractivity contribution in [1.29, 1.82) is 0 Å². The van der Waals surface area contributed by atoms with Crippen LogP contribution in [0.5, 0.6) is 17.2 Å². The van der Waals surface area contributed by atoms with Crippen molar-refractivity contribution < 1.29 is 33.8 Å². The molecule has 2 aromatic carbocycles.